The number of fused-ring (bicyclic) bond motifs is 4. The van der Waals surface area contributed by atoms with E-state index < -0.39 is 23.8 Å². The van der Waals surface area contributed by atoms with Crippen LogP contribution >= 0.6 is 11.3 Å². The van der Waals surface area contributed by atoms with Crippen LogP contribution in [-0.2, 0) is 9.47 Å². The van der Waals surface area contributed by atoms with Gasteiger partial charge in [0.2, 0.25) is 0 Å². The number of aromatic nitrogens is 3. The number of aromatic amines is 1. The van der Waals surface area contributed by atoms with E-state index in [0.29, 0.717) is 5.01 Å². The lowest BCUT2D eigenvalue weighted by Gasteiger charge is -2.22. The Hall–Kier alpha value is -4.70. The van der Waals surface area contributed by atoms with E-state index in [-0.39, 0.29) is 19.1 Å². The third-order valence-electron chi connectivity index (χ3n) is 7.03. The number of H-pyrrole nitrogens is 1. The van der Waals surface area contributed by atoms with Gasteiger partial charge in [-0.25, -0.2) is 19.6 Å². The summed E-state index contributed by atoms with van der Waals surface area (Å²) < 4.78 is 11.2. The van der Waals surface area contributed by atoms with Crippen LogP contribution in [0.3, 0.4) is 0 Å². The number of thiazole rings is 1. The molecular weight excluding hydrogens is 550 g/mol. The molecule has 0 bridgehead atoms. The van der Waals surface area contributed by atoms with Gasteiger partial charge < -0.3 is 25.1 Å². The Morgan fingerprint density at radius 2 is 1.69 bits per heavy atom. The number of nitrogens with zero attached hydrogens (tertiary/aromatic N) is 2. The van der Waals surface area contributed by atoms with Gasteiger partial charge in [-0.3, -0.25) is 0 Å². The Kier molecular flexibility index (Phi) is 7.38. The topological polar surface area (TPSA) is 118 Å². The molecule has 0 saturated carbocycles. The van der Waals surface area contributed by atoms with Crippen molar-refractivity contribution in [2.24, 2.45) is 0 Å². The van der Waals surface area contributed by atoms with Crippen molar-refractivity contribution in [1.29, 1.82) is 0 Å². The number of hydrogen-bond donors (Lipinski definition) is 3. The molecule has 1 atom stereocenters. The van der Waals surface area contributed by atoms with E-state index in [9.17, 15) is 9.59 Å². The van der Waals surface area contributed by atoms with E-state index in [4.69, 9.17) is 14.5 Å². The highest BCUT2D eigenvalue weighted by Gasteiger charge is 2.30. The SMILES string of the molecule is CC(C)(C)OC(=O)NC[C@@H](NC(=O)OCC1c2ccccc2-c2ccccc21)c1nc(-c2c[nH]c3ncccc23)cs1. The van der Waals surface area contributed by atoms with Crippen molar-refractivity contribution >= 4 is 34.6 Å². The number of amides is 2. The second-order valence-corrected chi connectivity index (χ2v) is 12.0. The summed E-state index contributed by atoms with van der Waals surface area (Å²) in [6.45, 7) is 5.63. The minimum atomic E-state index is -0.655. The van der Waals surface area contributed by atoms with Gasteiger partial charge in [0.05, 0.1) is 5.69 Å². The Bertz CT molecular complexity index is 1710. The molecule has 1 aliphatic carbocycles. The average molecular weight is 582 g/mol. The first-order valence-electron chi connectivity index (χ1n) is 13.7. The van der Waals surface area contributed by atoms with E-state index in [2.05, 4.69) is 44.9 Å². The summed E-state index contributed by atoms with van der Waals surface area (Å²) in [6, 6.07) is 19.6. The van der Waals surface area contributed by atoms with E-state index in [1.807, 2.05) is 48.0 Å². The number of hydrogen-bond acceptors (Lipinski definition) is 7. The van der Waals surface area contributed by atoms with Gasteiger partial charge in [-0.05, 0) is 55.2 Å². The van der Waals surface area contributed by atoms with Crippen molar-refractivity contribution in [2.45, 2.75) is 38.3 Å². The zero-order valence-corrected chi connectivity index (χ0v) is 24.3. The van der Waals surface area contributed by atoms with Gasteiger partial charge >= 0.3 is 12.2 Å². The number of nitrogens with one attached hydrogen (secondary N) is 3. The van der Waals surface area contributed by atoms with E-state index >= 15 is 0 Å². The second-order valence-electron chi connectivity index (χ2n) is 11.1. The van der Waals surface area contributed by atoms with Crippen molar-refractivity contribution in [2.75, 3.05) is 13.2 Å². The van der Waals surface area contributed by atoms with Gasteiger partial charge in [0.15, 0.2) is 0 Å². The quantitative estimate of drug-likeness (QED) is 0.195. The molecule has 5 aromatic rings. The van der Waals surface area contributed by atoms with Crippen molar-refractivity contribution < 1.29 is 19.1 Å². The summed E-state index contributed by atoms with van der Waals surface area (Å²) in [6.07, 6.45) is 2.41. The fourth-order valence-electron chi connectivity index (χ4n) is 5.22. The Morgan fingerprint density at radius 3 is 2.40 bits per heavy atom. The highest BCUT2D eigenvalue weighted by atomic mass is 32.1. The molecule has 6 rings (SSSR count). The normalized spacial score (nSPS) is 13.3. The number of carbonyl (C=O) groups excluding carboxylic acids is 2. The number of alkyl carbamates (subject to hydrolysis) is 2. The van der Waals surface area contributed by atoms with Gasteiger partial charge in [0, 0.05) is 41.2 Å². The molecule has 9 nitrogen and oxygen atoms in total. The molecule has 42 heavy (non-hydrogen) atoms. The van der Waals surface area contributed by atoms with Crippen LogP contribution in [0.5, 0.6) is 0 Å². The fourth-order valence-corrected chi connectivity index (χ4v) is 6.09. The van der Waals surface area contributed by atoms with Crippen LogP contribution in [0.2, 0.25) is 0 Å². The van der Waals surface area contributed by atoms with Gasteiger partial charge in [0.25, 0.3) is 0 Å². The molecule has 10 heteroatoms. The maximum atomic E-state index is 13.2. The van der Waals surface area contributed by atoms with Crippen LogP contribution in [0.4, 0.5) is 9.59 Å². The van der Waals surface area contributed by atoms with Gasteiger partial charge in [-0.15, -0.1) is 11.3 Å². The first-order valence-corrected chi connectivity index (χ1v) is 14.6. The third-order valence-corrected chi connectivity index (χ3v) is 7.99. The maximum Gasteiger partial charge on any atom is 0.407 e. The van der Waals surface area contributed by atoms with Crippen molar-refractivity contribution in [3.8, 4) is 22.4 Å². The fraction of sp³-hybridized carbons (Fsp3) is 0.250. The van der Waals surface area contributed by atoms with Gasteiger partial charge in [0.1, 0.15) is 28.9 Å². The number of carbonyl (C=O) groups is 2. The van der Waals surface area contributed by atoms with Crippen LogP contribution < -0.4 is 10.6 Å². The molecular formula is C32H31N5O4S. The molecule has 3 heterocycles. The smallest absolute Gasteiger partial charge is 0.407 e. The largest absolute Gasteiger partial charge is 0.449 e. The highest BCUT2D eigenvalue weighted by molar-refractivity contribution is 7.10. The third kappa shape index (κ3) is 5.71. The van der Waals surface area contributed by atoms with E-state index in [0.717, 1.165) is 44.5 Å². The summed E-state index contributed by atoms with van der Waals surface area (Å²) in [7, 11) is 0. The van der Waals surface area contributed by atoms with Crippen molar-refractivity contribution in [3.05, 3.63) is 94.6 Å². The molecule has 0 fully saturated rings. The summed E-state index contributed by atoms with van der Waals surface area (Å²) in [4.78, 5) is 38.0. The Balaban J connectivity index is 1.19. The minimum absolute atomic E-state index is 0.0663. The number of ether oxygens (including phenoxy) is 2. The maximum absolute atomic E-state index is 13.2. The molecule has 214 valence electrons. The summed E-state index contributed by atoms with van der Waals surface area (Å²) in [5.41, 5.74) is 6.33. The first kappa shape index (κ1) is 27.5. The Labute approximate surface area is 247 Å². The van der Waals surface area contributed by atoms with E-state index in [1.54, 1.807) is 27.0 Å². The minimum Gasteiger partial charge on any atom is -0.449 e. The van der Waals surface area contributed by atoms with Crippen LogP contribution in [0.1, 0.15) is 48.9 Å². The van der Waals surface area contributed by atoms with Gasteiger partial charge in [-0.1, -0.05) is 48.5 Å². The zero-order chi connectivity index (χ0) is 29.3. The average Bonchev–Trinajstić information content (AvgIpc) is 3.69. The summed E-state index contributed by atoms with van der Waals surface area (Å²) in [5, 5.41) is 9.16. The van der Waals surface area contributed by atoms with Crippen LogP contribution in [0, 0.1) is 0 Å². The lowest BCUT2D eigenvalue weighted by molar-refractivity contribution is 0.0520. The monoisotopic (exact) mass is 581 g/mol. The van der Waals surface area contributed by atoms with Crippen molar-refractivity contribution in [3.63, 3.8) is 0 Å². The highest BCUT2D eigenvalue weighted by Crippen LogP contribution is 2.44. The standard InChI is InChI=1S/C32H31N5O4S/c1-32(2,3)41-30(38)35-16-26(29-36-27(18-42-29)24-15-34-28-23(24)13-8-14-33-28)37-31(39)40-17-25-21-11-6-4-9-19(21)20-10-5-7-12-22(20)25/h4-15,18,25-26H,16-17H2,1-3H3,(H,33,34)(H,35,38)(H,37,39)/t26-/m1/s1. The number of pyridine rings is 1. The molecule has 1 aliphatic rings. The van der Waals surface area contributed by atoms with Crippen LogP contribution in [0.15, 0.2) is 78.4 Å². The summed E-state index contributed by atoms with van der Waals surface area (Å²) in [5.74, 6) is -0.0663. The van der Waals surface area contributed by atoms with Gasteiger partial charge in [-0.2, -0.15) is 0 Å². The lowest BCUT2D eigenvalue weighted by atomic mass is 9.98. The van der Waals surface area contributed by atoms with Crippen LogP contribution in [0.25, 0.3) is 33.4 Å². The predicted molar refractivity (Wildman–Crippen MR) is 162 cm³/mol. The molecule has 0 radical (unpaired) electrons. The molecule has 3 aromatic heterocycles. The molecule has 2 aromatic carbocycles. The molecule has 3 N–H and O–H groups in total. The number of rotatable bonds is 7. The Morgan fingerprint density at radius 1 is 0.976 bits per heavy atom. The molecule has 0 saturated heterocycles. The summed E-state index contributed by atoms with van der Waals surface area (Å²) >= 11 is 1.39. The zero-order valence-electron chi connectivity index (χ0n) is 23.5. The van der Waals surface area contributed by atoms with Crippen molar-refractivity contribution in [1.82, 2.24) is 25.6 Å². The first-order chi connectivity index (χ1) is 20.3. The molecule has 0 spiro atoms. The lowest BCUT2D eigenvalue weighted by Crippen LogP contribution is -2.40. The number of benzene rings is 2. The van der Waals surface area contributed by atoms with Crippen LogP contribution in [-0.4, -0.2) is 45.9 Å². The predicted octanol–water partition coefficient (Wildman–Crippen LogP) is 6.79. The molecule has 0 unspecified atom stereocenters. The molecule has 2 amide bonds. The second kappa shape index (κ2) is 11.3. The molecule has 0 aliphatic heterocycles. The van der Waals surface area contributed by atoms with E-state index in [1.165, 1.54) is 11.3 Å².